The van der Waals surface area contributed by atoms with Crippen molar-refractivity contribution in [1.29, 1.82) is 0 Å². The third-order valence-electron chi connectivity index (χ3n) is 9.85. The molecule has 0 bridgehead atoms. The standard InChI is InChI=1S/C33H39ClN4O4/c1-21(2)22-6-12-28-23(16-22)7-13-29-32(28,3)14-5-15-33(29,4)30(39)41-20-25-17-37(36-35-25)18-27-19-38(31(40)42-27)26-10-8-24(34)9-11-26/h6,8-12,16-17,21,27,29H,5,7,13-15,18-20H2,1-4H3/t27?,29-,32-,33-/m1/s1. The summed E-state index contributed by atoms with van der Waals surface area (Å²) in [6.07, 6.45) is 5.86. The zero-order chi connectivity index (χ0) is 29.6. The number of nitrogens with zero attached hydrogens (tertiary/aromatic N) is 4. The molecule has 8 nitrogen and oxygen atoms in total. The lowest BCUT2D eigenvalue weighted by Crippen LogP contribution is -2.52. The molecule has 222 valence electrons. The largest absolute Gasteiger partial charge is 0.459 e. The second-order valence-electron chi connectivity index (χ2n) is 13.0. The van der Waals surface area contributed by atoms with Gasteiger partial charge in [-0.2, -0.15) is 0 Å². The zero-order valence-electron chi connectivity index (χ0n) is 24.8. The van der Waals surface area contributed by atoms with Gasteiger partial charge in [0, 0.05) is 10.7 Å². The second kappa shape index (κ2) is 11.0. The second-order valence-corrected chi connectivity index (χ2v) is 13.4. The molecule has 42 heavy (non-hydrogen) atoms. The van der Waals surface area contributed by atoms with E-state index in [4.69, 9.17) is 21.1 Å². The number of esters is 1. The highest BCUT2D eigenvalue weighted by Gasteiger charge is 2.55. The number of rotatable bonds is 7. The van der Waals surface area contributed by atoms with E-state index in [2.05, 4.69) is 56.2 Å². The van der Waals surface area contributed by atoms with Crippen LogP contribution in [0.25, 0.3) is 0 Å². The number of carbonyl (C=O) groups is 2. The Labute approximate surface area is 252 Å². The van der Waals surface area contributed by atoms with Crippen molar-refractivity contribution < 1.29 is 19.1 Å². The van der Waals surface area contributed by atoms with Gasteiger partial charge in [0.05, 0.1) is 24.7 Å². The maximum absolute atomic E-state index is 13.7. The number of anilines is 1. The van der Waals surface area contributed by atoms with Gasteiger partial charge in [0.25, 0.3) is 0 Å². The summed E-state index contributed by atoms with van der Waals surface area (Å²) in [5.74, 6) is 0.571. The Bertz CT molecular complexity index is 1490. The molecule has 6 rings (SSSR count). The van der Waals surface area contributed by atoms with Crippen LogP contribution in [0.5, 0.6) is 0 Å². The number of ether oxygens (including phenoxy) is 2. The van der Waals surface area contributed by atoms with E-state index in [1.807, 2.05) is 0 Å². The van der Waals surface area contributed by atoms with Gasteiger partial charge in [-0.05, 0) is 90.8 Å². The average Bonchev–Trinajstić information content (AvgIpc) is 3.57. The first kappa shape index (κ1) is 28.7. The molecular weight excluding hydrogens is 552 g/mol. The van der Waals surface area contributed by atoms with Gasteiger partial charge in [0.15, 0.2) is 0 Å². The summed E-state index contributed by atoms with van der Waals surface area (Å²) >= 11 is 5.97. The molecule has 4 atom stereocenters. The first-order valence-electron chi connectivity index (χ1n) is 15.0. The number of cyclic esters (lactones) is 1. The van der Waals surface area contributed by atoms with Crippen LogP contribution in [-0.2, 0) is 39.3 Å². The van der Waals surface area contributed by atoms with Crippen LogP contribution in [0.3, 0.4) is 0 Å². The first-order valence-corrected chi connectivity index (χ1v) is 15.4. The first-order chi connectivity index (χ1) is 20.1. The summed E-state index contributed by atoms with van der Waals surface area (Å²) in [5, 5.41) is 9.02. The van der Waals surface area contributed by atoms with Crippen molar-refractivity contribution >= 4 is 29.4 Å². The molecule has 2 heterocycles. The smallest absolute Gasteiger partial charge is 0.414 e. The Morgan fingerprint density at radius 1 is 1.17 bits per heavy atom. The van der Waals surface area contributed by atoms with E-state index >= 15 is 0 Å². The van der Waals surface area contributed by atoms with Gasteiger partial charge >= 0.3 is 12.1 Å². The topological polar surface area (TPSA) is 86.5 Å². The molecule has 9 heteroatoms. The molecule has 2 fully saturated rings. The minimum atomic E-state index is -0.555. The molecular formula is C33H39ClN4O4. The van der Waals surface area contributed by atoms with Crippen LogP contribution in [0.2, 0.25) is 5.02 Å². The highest BCUT2D eigenvalue weighted by Crippen LogP contribution is 2.57. The number of hydrogen-bond donors (Lipinski definition) is 0. The van der Waals surface area contributed by atoms with Gasteiger partial charge in [-0.25, -0.2) is 9.48 Å². The van der Waals surface area contributed by atoms with E-state index in [1.54, 1.807) is 40.0 Å². The van der Waals surface area contributed by atoms with Crippen LogP contribution in [0.4, 0.5) is 10.5 Å². The summed E-state index contributed by atoms with van der Waals surface area (Å²) in [7, 11) is 0. The van der Waals surface area contributed by atoms with Crippen LogP contribution in [0, 0.1) is 11.3 Å². The van der Waals surface area contributed by atoms with E-state index in [-0.39, 0.29) is 30.0 Å². The van der Waals surface area contributed by atoms with Crippen molar-refractivity contribution in [3.05, 3.63) is 76.1 Å². The fourth-order valence-corrected chi connectivity index (χ4v) is 7.70. The lowest BCUT2D eigenvalue weighted by Gasteiger charge is -2.54. The Morgan fingerprint density at radius 3 is 2.71 bits per heavy atom. The molecule has 1 aliphatic heterocycles. The molecule has 1 aromatic heterocycles. The van der Waals surface area contributed by atoms with Crippen LogP contribution in [-0.4, -0.2) is 39.7 Å². The van der Waals surface area contributed by atoms with Gasteiger partial charge in [0.1, 0.15) is 18.4 Å². The van der Waals surface area contributed by atoms with E-state index in [0.29, 0.717) is 29.7 Å². The van der Waals surface area contributed by atoms with Gasteiger partial charge in [-0.1, -0.05) is 62.2 Å². The maximum Gasteiger partial charge on any atom is 0.414 e. The highest BCUT2D eigenvalue weighted by atomic mass is 35.5. The van der Waals surface area contributed by atoms with Crippen LogP contribution < -0.4 is 4.90 Å². The predicted octanol–water partition coefficient (Wildman–Crippen LogP) is 6.83. The molecule has 1 saturated heterocycles. The van der Waals surface area contributed by atoms with Crippen molar-refractivity contribution in [2.24, 2.45) is 11.3 Å². The van der Waals surface area contributed by atoms with Gasteiger partial charge < -0.3 is 9.47 Å². The van der Waals surface area contributed by atoms with Crippen molar-refractivity contribution in [3.8, 4) is 0 Å². The van der Waals surface area contributed by atoms with Gasteiger partial charge in [-0.15, -0.1) is 5.10 Å². The number of hydrogen-bond acceptors (Lipinski definition) is 6. The molecule has 2 aromatic carbocycles. The van der Waals surface area contributed by atoms with Crippen LogP contribution >= 0.6 is 11.6 Å². The highest BCUT2D eigenvalue weighted by molar-refractivity contribution is 6.30. The fraction of sp³-hybridized carbons (Fsp3) is 0.515. The van der Waals surface area contributed by atoms with E-state index in [1.165, 1.54) is 16.7 Å². The van der Waals surface area contributed by atoms with E-state index in [9.17, 15) is 9.59 Å². The van der Waals surface area contributed by atoms with E-state index < -0.39 is 11.5 Å². The number of halogens is 1. The fourth-order valence-electron chi connectivity index (χ4n) is 7.57. The molecule has 1 saturated carbocycles. The molecule has 2 aliphatic carbocycles. The summed E-state index contributed by atoms with van der Waals surface area (Å²) < 4.78 is 13.1. The molecule has 0 spiro atoms. The quantitative estimate of drug-likeness (QED) is 0.280. The van der Waals surface area contributed by atoms with Crippen molar-refractivity contribution in [2.45, 2.75) is 90.4 Å². The predicted molar refractivity (Wildman–Crippen MR) is 161 cm³/mol. The maximum atomic E-state index is 13.7. The minimum Gasteiger partial charge on any atom is -0.459 e. The third-order valence-corrected chi connectivity index (χ3v) is 10.1. The average molecular weight is 591 g/mol. The number of benzene rings is 2. The zero-order valence-corrected chi connectivity index (χ0v) is 25.6. The SMILES string of the molecule is CC(C)c1ccc2c(c1)CC[C@H]1[C@](C)(C(=O)OCc3cn(CC4CN(c5ccc(Cl)cc5)C(=O)O4)nn3)CCC[C@]21C. The summed E-state index contributed by atoms with van der Waals surface area (Å²) in [4.78, 5) is 27.7. The third kappa shape index (κ3) is 5.19. The number of aryl methyl sites for hydroxylation is 1. The number of amides is 1. The van der Waals surface area contributed by atoms with Crippen molar-refractivity contribution in [2.75, 3.05) is 11.4 Å². The Balaban J connectivity index is 1.09. The van der Waals surface area contributed by atoms with Gasteiger partial charge in [0.2, 0.25) is 0 Å². The van der Waals surface area contributed by atoms with Crippen LogP contribution in [0.1, 0.15) is 81.7 Å². The number of fused-ring (bicyclic) bond motifs is 3. The Kier molecular flexibility index (Phi) is 7.54. The molecule has 0 N–H and O–H groups in total. The lowest BCUT2D eigenvalue weighted by atomic mass is 9.49. The lowest BCUT2D eigenvalue weighted by molar-refractivity contribution is -0.166. The normalized spacial score (nSPS) is 27.0. The van der Waals surface area contributed by atoms with Crippen molar-refractivity contribution in [1.82, 2.24) is 15.0 Å². The summed E-state index contributed by atoms with van der Waals surface area (Å²) in [5.41, 5.74) is 4.93. The monoisotopic (exact) mass is 590 g/mol. The molecule has 1 amide bonds. The summed E-state index contributed by atoms with van der Waals surface area (Å²) in [6.45, 7) is 9.74. The molecule has 1 unspecified atom stereocenters. The summed E-state index contributed by atoms with van der Waals surface area (Å²) in [6, 6.07) is 14.0. The molecule has 3 aromatic rings. The molecule has 0 radical (unpaired) electrons. The minimum absolute atomic E-state index is 0.0448. The van der Waals surface area contributed by atoms with Gasteiger partial charge in [-0.3, -0.25) is 9.69 Å². The van der Waals surface area contributed by atoms with Crippen LogP contribution in [0.15, 0.2) is 48.7 Å². The Morgan fingerprint density at radius 2 is 1.95 bits per heavy atom. The Hall–Kier alpha value is -3.39. The van der Waals surface area contributed by atoms with E-state index in [0.717, 1.165) is 37.8 Å². The number of aromatic nitrogens is 3. The molecule has 3 aliphatic rings. The van der Waals surface area contributed by atoms with Crippen molar-refractivity contribution in [3.63, 3.8) is 0 Å². The number of carbonyl (C=O) groups excluding carboxylic acids is 2.